The molecule has 3 aromatic rings. The van der Waals surface area contributed by atoms with Crippen molar-refractivity contribution in [3.05, 3.63) is 57.7 Å². The topological polar surface area (TPSA) is 52.7 Å². The number of aryl methyl sites for hydroxylation is 1. The molecule has 0 aliphatic carbocycles. The number of rotatable bonds is 0. The standard InChI is InChI=1S/C14H9ClN4O/c1-18-9-16-13-11(14(18)20)8-17-19(13)7-6-10-4-2-3-5-12(10)15/h2-5,8-9H,1H3. The van der Waals surface area contributed by atoms with Crippen LogP contribution in [-0.2, 0) is 7.05 Å². The van der Waals surface area contributed by atoms with E-state index in [1.165, 1.54) is 21.8 Å². The van der Waals surface area contributed by atoms with E-state index in [0.29, 0.717) is 21.6 Å². The average molecular weight is 285 g/mol. The second kappa shape index (κ2) is 4.83. The Labute approximate surface area is 119 Å². The van der Waals surface area contributed by atoms with Crippen LogP contribution < -0.4 is 5.56 Å². The zero-order valence-corrected chi connectivity index (χ0v) is 11.3. The van der Waals surface area contributed by atoms with Gasteiger partial charge in [-0.05, 0) is 18.1 Å². The van der Waals surface area contributed by atoms with Crippen molar-refractivity contribution in [2.24, 2.45) is 7.05 Å². The van der Waals surface area contributed by atoms with Crippen molar-refractivity contribution in [3.8, 4) is 12.0 Å². The van der Waals surface area contributed by atoms with Crippen LogP contribution in [0.15, 0.2) is 41.6 Å². The summed E-state index contributed by atoms with van der Waals surface area (Å²) in [5, 5.41) is 5.07. The highest BCUT2D eigenvalue weighted by Gasteiger charge is 2.06. The fourth-order valence-corrected chi connectivity index (χ4v) is 1.94. The molecule has 0 aliphatic heterocycles. The summed E-state index contributed by atoms with van der Waals surface area (Å²) in [5.41, 5.74) is 0.982. The third kappa shape index (κ3) is 2.06. The molecule has 2 aromatic heterocycles. The van der Waals surface area contributed by atoms with Gasteiger partial charge in [0.05, 0.1) is 17.5 Å². The molecule has 0 fully saturated rings. The van der Waals surface area contributed by atoms with E-state index in [2.05, 4.69) is 22.0 Å². The molecule has 3 rings (SSSR count). The molecule has 98 valence electrons. The molecule has 5 nitrogen and oxygen atoms in total. The normalized spacial score (nSPS) is 10.3. The van der Waals surface area contributed by atoms with Gasteiger partial charge in [0.25, 0.3) is 5.56 Å². The quantitative estimate of drug-likeness (QED) is 0.590. The zero-order chi connectivity index (χ0) is 14.1. The number of hydrogen-bond donors (Lipinski definition) is 0. The fourth-order valence-electron chi connectivity index (χ4n) is 1.76. The lowest BCUT2D eigenvalue weighted by Gasteiger charge is -1.96. The molecule has 0 unspecified atom stereocenters. The maximum Gasteiger partial charge on any atom is 0.264 e. The summed E-state index contributed by atoms with van der Waals surface area (Å²) in [6.07, 6.45) is 2.91. The van der Waals surface area contributed by atoms with Gasteiger partial charge in [0.15, 0.2) is 5.65 Å². The Morgan fingerprint density at radius 3 is 2.90 bits per heavy atom. The van der Waals surface area contributed by atoms with Gasteiger partial charge in [0.1, 0.15) is 5.39 Å². The SMILES string of the molecule is Cn1cnc2c(cnn2C#Cc2ccccc2Cl)c1=O. The Morgan fingerprint density at radius 2 is 2.10 bits per heavy atom. The smallest absolute Gasteiger partial charge is 0.264 e. The largest absolute Gasteiger partial charge is 0.302 e. The maximum atomic E-state index is 11.9. The van der Waals surface area contributed by atoms with Crippen LogP contribution in [-0.4, -0.2) is 19.3 Å². The molecule has 0 saturated carbocycles. The highest BCUT2D eigenvalue weighted by molar-refractivity contribution is 6.31. The van der Waals surface area contributed by atoms with E-state index in [1.54, 1.807) is 13.1 Å². The lowest BCUT2D eigenvalue weighted by molar-refractivity contribution is 0.835. The minimum absolute atomic E-state index is 0.152. The van der Waals surface area contributed by atoms with Gasteiger partial charge < -0.3 is 4.57 Å². The van der Waals surface area contributed by atoms with Gasteiger partial charge in [-0.15, -0.1) is 0 Å². The van der Waals surface area contributed by atoms with Crippen LogP contribution in [0.1, 0.15) is 5.56 Å². The van der Waals surface area contributed by atoms with E-state index in [4.69, 9.17) is 11.6 Å². The minimum Gasteiger partial charge on any atom is -0.302 e. The third-order valence-corrected chi connectivity index (χ3v) is 3.15. The zero-order valence-electron chi connectivity index (χ0n) is 10.5. The Bertz CT molecular complexity index is 914. The fraction of sp³-hybridized carbons (Fsp3) is 0.0714. The van der Waals surface area contributed by atoms with Gasteiger partial charge in [-0.25, -0.2) is 4.98 Å². The second-order valence-electron chi connectivity index (χ2n) is 4.17. The van der Waals surface area contributed by atoms with E-state index >= 15 is 0 Å². The van der Waals surface area contributed by atoms with Crippen molar-refractivity contribution in [2.45, 2.75) is 0 Å². The molecule has 0 saturated heterocycles. The lowest BCUT2D eigenvalue weighted by atomic mass is 10.2. The summed E-state index contributed by atoms with van der Waals surface area (Å²) in [6.45, 7) is 0. The van der Waals surface area contributed by atoms with Crippen LogP contribution in [0.4, 0.5) is 0 Å². The van der Waals surface area contributed by atoms with Crippen LogP contribution in [0.2, 0.25) is 5.02 Å². The molecule has 2 heterocycles. The first kappa shape index (κ1) is 12.5. The van der Waals surface area contributed by atoms with Crippen molar-refractivity contribution in [2.75, 3.05) is 0 Å². The van der Waals surface area contributed by atoms with Crippen LogP contribution in [0, 0.1) is 12.0 Å². The Balaban J connectivity index is 2.12. The van der Waals surface area contributed by atoms with E-state index in [1.807, 2.05) is 18.2 Å². The summed E-state index contributed by atoms with van der Waals surface area (Å²) in [5.74, 6) is 2.91. The Hall–Kier alpha value is -2.58. The van der Waals surface area contributed by atoms with E-state index in [9.17, 15) is 4.79 Å². The van der Waals surface area contributed by atoms with Gasteiger partial charge >= 0.3 is 0 Å². The molecule has 0 spiro atoms. The number of benzene rings is 1. The predicted octanol–water partition coefficient (Wildman–Crippen LogP) is 1.64. The molecule has 20 heavy (non-hydrogen) atoms. The molecule has 6 heteroatoms. The third-order valence-electron chi connectivity index (χ3n) is 2.82. The van der Waals surface area contributed by atoms with E-state index < -0.39 is 0 Å². The van der Waals surface area contributed by atoms with E-state index in [-0.39, 0.29) is 5.56 Å². The minimum atomic E-state index is -0.152. The van der Waals surface area contributed by atoms with Gasteiger partial charge in [-0.3, -0.25) is 4.79 Å². The lowest BCUT2D eigenvalue weighted by Crippen LogP contribution is -2.16. The van der Waals surface area contributed by atoms with Gasteiger partial charge in [0, 0.05) is 18.7 Å². The number of aromatic nitrogens is 4. The summed E-state index contributed by atoms with van der Waals surface area (Å²) in [4.78, 5) is 16.0. The number of fused-ring (bicyclic) bond motifs is 1. The highest BCUT2D eigenvalue weighted by Crippen LogP contribution is 2.13. The first-order valence-electron chi connectivity index (χ1n) is 5.83. The molecule has 0 bridgehead atoms. The Kier molecular flexibility index (Phi) is 3.01. The number of nitrogens with zero attached hydrogens (tertiary/aromatic N) is 4. The summed E-state index contributed by atoms with van der Waals surface area (Å²) >= 11 is 6.03. The maximum absolute atomic E-state index is 11.9. The molecule has 0 amide bonds. The number of halogens is 1. The van der Waals surface area contributed by atoms with Gasteiger partial charge in [0.2, 0.25) is 0 Å². The molecular formula is C14H9ClN4O. The number of hydrogen-bond acceptors (Lipinski definition) is 3. The van der Waals surface area contributed by atoms with Crippen molar-refractivity contribution in [1.29, 1.82) is 0 Å². The van der Waals surface area contributed by atoms with Crippen molar-refractivity contribution in [3.63, 3.8) is 0 Å². The van der Waals surface area contributed by atoms with Crippen LogP contribution in [0.5, 0.6) is 0 Å². The van der Waals surface area contributed by atoms with Gasteiger partial charge in [-0.2, -0.15) is 9.78 Å². The first-order chi connectivity index (χ1) is 9.66. The van der Waals surface area contributed by atoms with E-state index in [0.717, 1.165) is 0 Å². The molecule has 1 aromatic carbocycles. The predicted molar refractivity (Wildman–Crippen MR) is 76.5 cm³/mol. The van der Waals surface area contributed by atoms with Crippen molar-refractivity contribution >= 4 is 22.6 Å². The summed E-state index contributed by atoms with van der Waals surface area (Å²) in [7, 11) is 1.64. The van der Waals surface area contributed by atoms with Crippen LogP contribution in [0.3, 0.4) is 0 Å². The summed E-state index contributed by atoms with van der Waals surface area (Å²) in [6, 6.07) is 10.1. The molecule has 0 radical (unpaired) electrons. The molecule has 0 N–H and O–H groups in total. The van der Waals surface area contributed by atoms with Crippen molar-refractivity contribution < 1.29 is 0 Å². The monoisotopic (exact) mass is 284 g/mol. The Morgan fingerprint density at radius 1 is 1.30 bits per heavy atom. The highest BCUT2D eigenvalue weighted by atomic mass is 35.5. The first-order valence-corrected chi connectivity index (χ1v) is 6.20. The molecule has 0 aliphatic rings. The van der Waals surface area contributed by atoms with Gasteiger partial charge in [-0.1, -0.05) is 23.7 Å². The van der Waals surface area contributed by atoms with Crippen LogP contribution >= 0.6 is 11.6 Å². The molecule has 0 atom stereocenters. The molecular weight excluding hydrogens is 276 g/mol. The van der Waals surface area contributed by atoms with Crippen molar-refractivity contribution in [1.82, 2.24) is 19.3 Å². The van der Waals surface area contributed by atoms with Crippen LogP contribution in [0.25, 0.3) is 11.0 Å². The second-order valence-corrected chi connectivity index (χ2v) is 4.58. The summed E-state index contributed by atoms with van der Waals surface area (Å²) < 4.78 is 2.77. The average Bonchev–Trinajstić information content (AvgIpc) is 2.86.